The topological polar surface area (TPSA) is 63.1 Å². The fourth-order valence-corrected chi connectivity index (χ4v) is 3.62. The summed E-state index contributed by atoms with van der Waals surface area (Å²) in [5.74, 6) is -0.00575. The van der Waals surface area contributed by atoms with E-state index in [4.69, 9.17) is 4.98 Å². The molecule has 1 N–H and O–H groups in total. The molecule has 1 aromatic carbocycles. The van der Waals surface area contributed by atoms with Crippen molar-refractivity contribution in [2.45, 2.75) is 33.7 Å². The summed E-state index contributed by atoms with van der Waals surface area (Å²) >= 11 is 1.56. The summed E-state index contributed by atoms with van der Waals surface area (Å²) < 4.78 is 2.92. The van der Waals surface area contributed by atoms with Crippen LogP contribution in [0.5, 0.6) is 0 Å². The number of aryl methyl sites for hydroxylation is 2. The largest absolute Gasteiger partial charge is 0.352 e. The van der Waals surface area contributed by atoms with Crippen LogP contribution in [0.3, 0.4) is 0 Å². The molecular weight excluding hydrogens is 334 g/mol. The van der Waals surface area contributed by atoms with Gasteiger partial charge in [0.15, 0.2) is 10.8 Å². The molecule has 0 bridgehead atoms. The zero-order chi connectivity index (χ0) is 18.1. The third kappa shape index (κ3) is 3.66. The number of anilines is 1. The molecule has 0 aliphatic heterocycles. The van der Waals surface area contributed by atoms with Gasteiger partial charge < -0.3 is 10.2 Å². The highest BCUT2D eigenvalue weighted by Crippen LogP contribution is 2.32. The van der Waals surface area contributed by atoms with Gasteiger partial charge in [0.2, 0.25) is 5.91 Å². The Bertz CT molecular complexity index is 911. The molecule has 0 spiro atoms. The lowest BCUT2D eigenvalue weighted by Crippen LogP contribution is -2.38. The summed E-state index contributed by atoms with van der Waals surface area (Å²) in [4.78, 5) is 18.6. The zero-order valence-corrected chi connectivity index (χ0v) is 16.0. The molecule has 0 aliphatic rings. The standard InChI is InChI=1S/C18H23N5OS/c1-11(2)19-15(24)10-22(5)18-20-17-16(25-18)13(4)21-23(17)14-8-6-7-12(3)9-14/h6-9,11H,10H2,1-5H3,(H,19,24). The average Bonchev–Trinajstić information content (AvgIpc) is 3.07. The Morgan fingerprint density at radius 2 is 2.12 bits per heavy atom. The average molecular weight is 357 g/mol. The van der Waals surface area contributed by atoms with Crippen LogP contribution >= 0.6 is 11.3 Å². The van der Waals surface area contributed by atoms with Crippen LogP contribution in [-0.2, 0) is 4.79 Å². The van der Waals surface area contributed by atoms with E-state index >= 15 is 0 Å². The Labute approximate surface area is 151 Å². The Hall–Kier alpha value is -2.41. The molecule has 7 heteroatoms. The lowest BCUT2D eigenvalue weighted by molar-refractivity contribution is -0.120. The van der Waals surface area contributed by atoms with Crippen molar-refractivity contribution < 1.29 is 4.79 Å². The molecule has 3 aromatic rings. The van der Waals surface area contributed by atoms with Gasteiger partial charge >= 0.3 is 0 Å². The van der Waals surface area contributed by atoms with Gasteiger partial charge in [0.1, 0.15) is 0 Å². The van der Waals surface area contributed by atoms with Crippen molar-refractivity contribution in [1.82, 2.24) is 20.1 Å². The molecule has 2 aromatic heterocycles. The molecule has 2 heterocycles. The molecule has 0 saturated carbocycles. The molecule has 132 valence electrons. The minimum atomic E-state index is -0.00575. The summed E-state index contributed by atoms with van der Waals surface area (Å²) in [5, 5.41) is 8.35. The fraction of sp³-hybridized carbons (Fsp3) is 0.389. The van der Waals surface area contributed by atoms with Gasteiger partial charge in [-0.3, -0.25) is 4.79 Å². The monoisotopic (exact) mass is 357 g/mol. The van der Waals surface area contributed by atoms with Gasteiger partial charge in [0.25, 0.3) is 0 Å². The first kappa shape index (κ1) is 17.4. The van der Waals surface area contributed by atoms with E-state index in [0.29, 0.717) is 0 Å². The lowest BCUT2D eigenvalue weighted by Gasteiger charge is -2.16. The molecule has 0 aliphatic carbocycles. The second kappa shape index (κ2) is 6.84. The maximum absolute atomic E-state index is 12.0. The van der Waals surface area contributed by atoms with E-state index in [-0.39, 0.29) is 18.5 Å². The highest BCUT2D eigenvalue weighted by Gasteiger charge is 2.18. The van der Waals surface area contributed by atoms with E-state index < -0.39 is 0 Å². The summed E-state index contributed by atoms with van der Waals surface area (Å²) in [5.41, 5.74) is 3.95. The van der Waals surface area contributed by atoms with E-state index in [1.165, 1.54) is 5.56 Å². The van der Waals surface area contributed by atoms with Crippen molar-refractivity contribution in [2.24, 2.45) is 0 Å². The third-order valence-corrected chi connectivity index (χ3v) is 5.05. The number of hydrogen-bond acceptors (Lipinski definition) is 5. The molecule has 25 heavy (non-hydrogen) atoms. The lowest BCUT2D eigenvalue weighted by atomic mass is 10.2. The molecule has 1 amide bonds. The number of amides is 1. The Morgan fingerprint density at radius 3 is 2.80 bits per heavy atom. The molecule has 3 rings (SSSR count). The molecule has 0 fully saturated rings. The van der Waals surface area contributed by atoms with Crippen LogP contribution in [0.25, 0.3) is 16.0 Å². The molecular formula is C18H23N5OS. The predicted octanol–water partition coefficient (Wildman–Crippen LogP) is 3.06. The predicted molar refractivity (Wildman–Crippen MR) is 103 cm³/mol. The van der Waals surface area contributed by atoms with Gasteiger partial charge in [-0.15, -0.1) is 0 Å². The molecule has 0 unspecified atom stereocenters. The molecule has 0 saturated heterocycles. The smallest absolute Gasteiger partial charge is 0.239 e. The van der Waals surface area contributed by atoms with Crippen LogP contribution in [0.4, 0.5) is 5.13 Å². The quantitative estimate of drug-likeness (QED) is 0.762. The van der Waals surface area contributed by atoms with Gasteiger partial charge in [-0.2, -0.15) is 10.1 Å². The Morgan fingerprint density at radius 1 is 1.36 bits per heavy atom. The highest BCUT2D eigenvalue weighted by atomic mass is 32.1. The number of benzene rings is 1. The molecule has 0 atom stereocenters. The van der Waals surface area contributed by atoms with Crippen LogP contribution in [0.2, 0.25) is 0 Å². The highest BCUT2D eigenvalue weighted by molar-refractivity contribution is 7.22. The zero-order valence-electron chi connectivity index (χ0n) is 15.2. The first-order valence-electron chi connectivity index (χ1n) is 8.29. The van der Waals surface area contributed by atoms with Crippen molar-refractivity contribution in [3.63, 3.8) is 0 Å². The number of rotatable bonds is 5. The van der Waals surface area contributed by atoms with E-state index in [1.54, 1.807) is 11.3 Å². The number of carbonyl (C=O) groups is 1. The van der Waals surface area contributed by atoms with Crippen LogP contribution in [0, 0.1) is 13.8 Å². The van der Waals surface area contributed by atoms with Gasteiger partial charge in [0, 0.05) is 13.1 Å². The summed E-state index contributed by atoms with van der Waals surface area (Å²) in [6, 6.07) is 8.32. The normalized spacial score (nSPS) is 11.3. The van der Waals surface area contributed by atoms with E-state index in [0.717, 1.165) is 26.9 Å². The van der Waals surface area contributed by atoms with Crippen LogP contribution in [0.1, 0.15) is 25.1 Å². The maximum atomic E-state index is 12.0. The minimum absolute atomic E-state index is 0.00575. The van der Waals surface area contributed by atoms with Crippen LogP contribution < -0.4 is 10.2 Å². The number of likely N-dealkylation sites (N-methyl/N-ethyl adjacent to an activating group) is 1. The number of nitrogens with one attached hydrogen (secondary N) is 1. The van der Waals surface area contributed by atoms with E-state index in [9.17, 15) is 4.79 Å². The number of fused-ring (bicyclic) bond motifs is 1. The first-order chi connectivity index (χ1) is 11.8. The SMILES string of the molecule is Cc1cccc(-n2nc(C)c3sc(N(C)CC(=O)NC(C)C)nc32)c1. The van der Waals surface area contributed by atoms with Crippen molar-refractivity contribution in [2.75, 3.05) is 18.5 Å². The molecule has 0 radical (unpaired) electrons. The second-order valence-electron chi connectivity index (χ2n) is 6.56. The fourth-order valence-electron chi connectivity index (χ4n) is 2.68. The number of hydrogen-bond donors (Lipinski definition) is 1. The summed E-state index contributed by atoms with van der Waals surface area (Å²) in [6.45, 7) is 8.24. The first-order valence-corrected chi connectivity index (χ1v) is 9.10. The van der Waals surface area contributed by atoms with Gasteiger partial charge in [-0.1, -0.05) is 23.5 Å². The Balaban J connectivity index is 1.92. The van der Waals surface area contributed by atoms with Crippen molar-refractivity contribution in [1.29, 1.82) is 0 Å². The van der Waals surface area contributed by atoms with Gasteiger partial charge in [-0.05, 0) is 45.4 Å². The number of nitrogens with zero attached hydrogens (tertiary/aromatic N) is 4. The maximum Gasteiger partial charge on any atom is 0.239 e. The number of carbonyl (C=O) groups excluding carboxylic acids is 1. The Kier molecular flexibility index (Phi) is 4.76. The van der Waals surface area contributed by atoms with Crippen molar-refractivity contribution >= 4 is 32.7 Å². The van der Waals surface area contributed by atoms with E-state index in [2.05, 4.69) is 29.5 Å². The minimum Gasteiger partial charge on any atom is -0.352 e. The molecule has 6 nitrogen and oxygen atoms in total. The number of thiazole rings is 1. The van der Waals surface area contributed by atoms with Crippen molar-refractivity contribution in [3.8, 4) is 5.69 Å². The van der Waals surface area contributed by atoms with Gasteiger partial charge in [0.05, 0.1) is 22.6 Å². The number of aromatic nitrogens is 3. The second-order valence-corrected chi connectivity index (χ2v) is 7.54. The van der Waals surface area contributed by atoms with Crippen molar-refractivity contribution in [3.05, 3.63) is 35.5 Å². The van der Waals surface area contributed by atoms with Crippen LogP contribution in [0.15, 0.2) is 24.3 Å². The van der Waals surface area contributed by atoms with Gasteiger partial charge in [-0.25, -0.2) is 4.68 Å². The van der Waals surface area contributed by atoms with Crippen LogP contribution in [-0.4, -0.2) is 40.3 Å². The summed E-state index contributed by atoms with van der Waals surface area (Å²) in [6.07, 6.45) is 0. The summed E-state index contributed by atoms with van der Waals surface area (Å²) in [7, 11) is 1.89. The third-order valence-electron chi connectivity index (χ3n) is 3.78. The van der Waals surface area contributed by atoms with E-state index in [1.807, 2.05) is 49.5 Å².